The molecule has 1 aliphatic heterocycles. The largest absolute Gasteiger partial charge is 0.393 e. The van der Waals surface area contributed by atoms with Crippen LogP contribution >= 0.6 is 0 Å². The topological polar surface area (TPSA) is 52.6 Å². The number of amides is 1. The predicted octanol–water partition coefficient (Wildman–Crippen LogP) is 2.81. The number of nitrogens with one attached hydrogen (secondary N) is 1. The first kappa shape index (κ1) is 18.0. The first-order chi connectivity index (χ1) is 11.0. The van der Waals surface area contributed by atoms with Crippen LogP contribution in [-0.2, 0) is 6.54 Å². The van der Waals surface area contributed by atoms with Gasteiger partial charge < -0.3 is 10.4 Å². The third-order valence-electron chi connectivity index (χ3n) is 4.36. The van der Waals surface area contributed by atoms with E-state index in [0.717, 1.165) is 31.5 Å². The molecule has 1 saturated heterocycles. The maximum atomic E-state index is 12.2. The third-order valence-corrected chi connectivity index (χ3v) is 4.36. The van der Waals surface area contributed by atoms with Gasteiger partial charge in [-0.05, 0) is 56.3 Å². The second-order valence-electron chi connectivity index (χ2n) is 7.16. The number of carbonyl (C=O) groups excluding carboxylic acids is 1. The van der Waals surface area contributed by atoms with Crippen LogP contribution in [-0.4, -0.2) is 41.1 Å². The number of nitrogens with zero attached hydrogens (tertiary/aromatic N) is 1. The van der Waals surface area contributed by atoms with Crippen molar-refractivity contribution in [2.24, 2.45) is 5.92 Å². The lowest BCUT2D eigenvalue weighted by Gasteiger charge is -2.25. The Morgan fingerprint density at radius 3 is 2.87 bits per heavy atom. The number of hydrogen-bond acceptors (Lipinski definition) is 3. The van der Waals surface area contributed by atoms with Crippen molar-refractivity contribution in [1.29, 1.82) is 0 Å². The van der Waals surface area contributed by atoms with Gasteiger partial charge in [0.15, 0.2) is 0 Å². The van der Waals surface area contributed by atoms with Crippen LogP contribution in [0.4, 0.5) is 0 Å². The van der Waals surface area contributed by atoms with E-state index in [9.17, 15) is 9.90 Å². The fourth-order valence-corrected chi connectivity index (χ4v) is 3.21. The highest BCUT2D eigenvalue weighted by Crippen LogP contribution is 2.23. The van der Waals surface area contributed by atoms with Crippen molar-refractivity contribution in [3.8, 4) is 0 Å². The number of hydrogen-bond donors (Lipinski definition) is 2. The Labute approximate surface area is 139 Å². The zero-order chi connectivity index (χ0) is 16.8. The van der Waals surface area contributed by atoms with Crippen LogP contribution in [0.15, 0.2) is 24.3 Å². The lowest BCUT2D eigenvalue weighted by atomic mass is 10.1. The van der Waals surface area contributed by atoms with Gasteiger partial charge in [-0.1, -0.05) is 26.0 Å². The third kappa shape index (κ3) is 5.63. The predicted molar refractivity (Wildman–Crippen MR) is 93.3 cm³/mol. The molecule has 0 aliphatic carbocycles. The fraction of sp³-hybridized carbons (Fsp3) is 0.632. The molecule has 4 heteroatoms. The van der Waals surface area contributed by atoms with E-state index in [2.05, 4.69) is 30.1 Å². The van der Waals surface area contributed by atoms with Gasteiger partial charge >= 0.3 is 0 Å². The minimum Gasteiger partial charge on any atom is -0.393 e. The monoisotopic (exact) mass is 318 g/mol. The van der Waals surface area contributed by atoms with E-state index in [4.69, 9.17) is 0 Å². The van der Waals surface area contributed by atoms with E-state index in [1.807, 2.05) is 25.1 Å². The number of likely N-dealkylation sites (tertiary alicyclic amines) is 1. The molecule has 0 saturated carbocycles. The Bertz CT molecular complexity index is 514. The minimum absolute atomic E-state index is 0.00232. The molecule has 1 aromatic carbocycles. The van der Waals surface area contributed by atoms with Crippen LogP contribution in [0.25, 0.3) is 0 Å². The van der Waals surface area contributed by atoms with Crippen molar-refractivity contribution in [3.63, 3.8) is 0 Å². The van der Waals surface area contributed by atoms with E-state index in [1.54, 1.807) is 0 Å². The zero-order valence-electron chi connectivity index (χ0n) is 14.6. The summed E-state index contributed by atoms with van der Waals surface area (Å²) < 4.78 is 0. The Hall–Kier alpha value is -1.39. The highest BCUT2D eigenvalue weighted by molar-refractivity contribution is 5.94. The molecule has 1 amide bonds. The number of benzene rings is 1. The van der Waals surface area contributed by atoms with Gasteiger partial charge in [-0.2, -0.15) is 0 Å². The Morgan fingerprint density at radius 1 is 1.39 bits per heavy atom. The maximum Gasteiger partial charge on any atom is 0.251 e. The summed E-state index contributed by atoms with van der Waals surface area (Å²) in [4.78, 5) is 14.6. The zero-order valence-corrected chi connectivity index (χ0v) is 14.6. The highest BCUT2D eigenvalue weighted by atomic mass is 16.3. The fourth-order valence-electron chi connectivity index (χ4n) is 3.21. The van der Waals surface area contributed by atoms with Gasteiger partial charge in [0.1, 0.15) is 0 Å². The smallest absolute Gasteiger partial charge is 0.251 e. The van der Waals surface area contributed by atoms with Crippen molar-refractivity contribution >= 4 is 5.91 Å². The summed E-state index contributed by atoms with van der Waals surface area (Å²) in [5.41, 5.74) is 1.90. The van der Waals surface area contributed by atoms with Crippen LogP contribution in [0.1, 0.15) is 56.0 Å². The average molecular weight is 318 g/mol. The molecule has 128 valence electrons. The van der Waals surface area contributed by atoms with Gasteiger partial charge in [-0.15, -0.1) is 0 Å². The molecule has 2 atom stereocenters. The van der Waals surface area contributed by atoms with Crippen LogP contribution < -0.4 is 5.32 Å². The van der Waals surface area contributed by atoms with Gasteiger partial charge in [0.2, 0.25) is 0 Å². The van der Waals surface area contributed by atoms with E-state index in [-0.39, 0.29) is 12.0 Å². The van der Waals surface area contributed by atoms with Gasteiger partial charge in [0.25, 0.3) is 5.91 Å². The first-order valence-electron chi connectivity index (χ1n) is 8.75. The molecule has 1 aromatic rings. The molecule has 0 aromatic heterocycles. The Kier molecular flexibility index (Phi) is 6.60. The van der Waals surface area contributed by atoms with E-state index >= 15 is 0 Å². The van der Waals surface area contributed by atoms with Crippen molar-refractivity contribution in [2.45, 2.75) is 58.7 Å². The average Bonchev–Trinajstić information content (AvgIpc) is 2.91. The first-order valence-corrected chi connectivity index (χ1v) is 8.75. The van der Waals surface area contributed by atoms with Gasteiger partial charge in [0.05, 0.1) is 6.10 Å². The van der Waals surface area contributed by atoms with E-state index in [1.165, 1.54) is 12.0 Å². The van der Waals surface area contributed by atoms with Gasteiger partial charge in [-0.3, -0.25) is 9.69 Å². The standard InChI is InChI=1S/C19H30N2O2/c1-14(2)12-20-19(23)17-7-4-6-16(11-17)13-21-9-5-8-18(21)10-15(3)22/h4,6-7,11,14-15,18,22H,5,8-10,12-13H2,1-3H3,(H,20,23). The summed E-state index contributed by atoms with van der Waals surface area (Å²) >= 11 is 0. The lowest BCUT2D eigenvalue weighted by Crippen LogP contribution is -2.31. The normalized spacial score (nSPS) is 20.0. The summed E-state index contributed by atoms with van der Waals surface area (Å²) in [6.45, 7) is 8.66. The molecule has 0 spiro atoms. The highest BCUT2D eigenvalue weighted by Gasteiger charge is 2.25. The molecule has 1 heterocycles. The molecular formula is C19H30N2O2. The summed E-state index contributed by atoms with van der Waals surface area (Å²) in [7, 11) is 0. The van der Waals surface area contributed by atoms with Crippen molar-refractivity contribution in [1.82, 2.24) is 10.2 Å². The second kappa shape index (κ2) is 8.46. The lowest BCUT2D eigenvalue weighted by molar-refractivity contribution is 0.0949. The van der Waals surface area contributed by atoms with Crippen LogP contribution in [0.2, 0.25) is 0 Å². The summed E-state index contributed by atoms with van der Waals surface area (Å²) in [5.74, 6) is 0.454. The molecule has 1 aliphatic rings. The molecule has 23 heavy (non-hydrogen) atoms. The van der Waals surface area contributed by atoms with Crippen LogP contribution in [0, 0.1) is 5.92 Å². The van der Waals surface area contributed by atoms with Gasteiger partial charge in [0, 0.05) is 24.7 Å². The minimum atomic E-state index is -0.256. The molecular weight excluding hydrogens is 288 g/mol. The molecule has 2 N–H and O–H groups in total. The van der Waals surface area contributed by atoms with E-state index in [0.29, 0.717) is 18.5 Å². The van der Waals surface area contributed by atoms with Crippen molar-refractivity contribution < 1.29 is 9.90 Å². The summed E-state index contributed by atoms with van der Waals surface area (Å²) in [5, 5.41) is 12.6. The van der Waals surface area contributed by atoms with Crippen molar-refractivity contribution in [3.05, 3.63) is 35.4 Å². The van der Waals surface area contributed by atoms with Crippen LogP contribution in [0.5, 0.6) is 0 Å². The number of rotatable bonds is 7. The van der Waals surface area contributed by atoms with E-state index < -0.39 is 0 Å². The Morgan fingerprint density at radius 2 is 2.17 bits per heavy atom. The molecule has 1 fully saturated rings. The maximum absolute atomic E-state index is 12.2. The number of carbonyl (C=O) groups is 1. The quantitative estimate of drug-likeness (QED) is 0.813. The SMILES string of the molecule is CC(C)CNC(=O)c1cccc(CN2CCCC2CC(C)O)c1. The Balaban J connectivity index is 1.98. The van der Waals surface area contributed by atoms with Crippen molar-refractivity contribution in [2.75, 3.05) is 13.1 Å². The van der Waals surface area contributed by atoms with Crippen LogP contribution in [0.3, 0.4) is 0 Å². The summed E-state index contributed by atoms with van der Waals surface area (Å²) in [6.07, 6.45) is 2.91. The molecule has 0 bridgehead atoms. The molecule has 0 radical (unpaired) electrons. The number of aliphatic hydroxyl groups is 1. The second-order valence-corrected chi connectivity index (χ2v) is 7.16. The van der Waals surface area contributed by atoms with Gasteiger partial charge in [-0.25, -0.2) is 0 Å². The molecule has 4 nitrogen and oxygen atoms in total. The number of aliphatic hydroxyl groups excluding tert-OH is 1. The molecule has 2 rings (SSSR count). The summed E-state index contributed by atoms with van der Waals surface area (Å²) in [6, 6.07) is 8.36. The molecule has 2 unspecified atom stereocenters.